The van der Waals surface area contributed by atoms with E-state index in [1.165, 1.54) is 22.3 Å². The van der Waals surface area contributed by atoms with Gasteiger partial charge in [0.1, 0.15) is 6.10 Å². The van der Waals surface area contributed by atoms with Crippen molar-refractivity contribution in [2.24, 2.45) is 0 Å². The molecule has 1 unspecified atom stereocenters. The van der Waals surface area contributed by atoms with Crippen LogP contribution in [0.25, 0.3) is 0 Å². The van der Waals surface area contributed by atoms with E-state index in [2.05, 4.69) is 50.2 Å². The van der Waals surface area contributed by atoms with E-state index in [1.54, 1.807) is 4.90 Å². The van der Waals surface area contributed by atoms with Gasteiger partial charge in [-0.25, -0.2) is 4.79 Å². The molecule has 0 saturated carbocycles. The van der Waals surface area contributed by atoms with E-state index < -0.39 is 0 Å². The summed E-state index contributed by atoms with van der Waals surface area (Å²) in [7, 11) is 0. The van der Waals surface area contributed by atoms with Gasteiger partial charge in [-0.3, -0.25) is 4.90 Å². The minimum atomic E-state index is -0.230. The van der Waals surface area contributed by atoms with Crippen molar-refractivity contribution in [3.05, 3.63) is 64.7 Å². The normalized spacial score (nSPS) is 17.4. The highest BCUT2D eigenvalue weighted by Crippen LogP contribution is 2.28. The molecular formula is C20H23NO2. The number of amides is 1. The van der Waals surface area contributed by atoms with Gasteiger partial charge < -0.3 is 4.74 Å². The summed E-state index contributed by atoms with van der Waals surface area (Å²) in [4.78, 5) is 13.8. The molecule has 120 valence electrons. The highest BCUT2D eigenvalue weighted by atomic mass is 16.6. The van der Waals surface area contributed by atoms with Crippen molar-refractivity contribution in [1.29, 1.82) is 0 Å². The Morgan fingerprint density at radius 2 is 1.78 bits per heavy atom. The maximum Gasteiger partial charge on any atom is 0.414 e. The SMILES string of the molecule is CCC1CN(c2cc(C)c(Cc3ccccc3)c(C)c2)C(=O)O1. The molecular weight excluding hydrogens is 286 g/mol. The monoisotopic (exact) mass is 309 g/mol. The molecule has 1 aliphatic rings. The number of cyclic esters (lactones) is 1. The van der Waals surface area contributed by atoms with Crippen LogP contribution in [0.2, 0.25) is 0 Å². The Bertz CT molecular complexity index is 686. The number of aryl methyl sites for hydroxylation is 2. The molecule has 2 aromatic rings. The van der Waals surface area contributed by atoms with Gasteiger partial charge in [0.25, 0.3) is 0 Å². The molecule has 2 aromatic carbocycles. The molecule has 0 aromatic heterocycles. The minimum Gasteiger partial charge on any atom is -0.444 e. The smallest absolute Gasteiger partial charge is 0.414 e. The van der Waals surface area contributed by atoms with Crippen LogP contribution < -0.4 is 4.90 Å². The third-order valence-corrected chi connectivity index (χ3v) is 4.55. The van der Waals surface area contributed by atoms with Crippen LogP contribution in [0.5, 0.6) is 0 Å². The van der Waals surface area contributed by atoms with Crippen molar-refractivity contribution in [3.8, 4) is 0 Å². The van der Waals surface area contributed by atoms with Crippen LogP contribution in [0.3, 0.4) is 0 Å². The zero-order chi connectivity index (χ0) is 16.4. The Kier molecular flexibility index (Phi) is 4.37. The summed E-state index contributed by atoms with van der Waals surface area (Å²) >= 11 is 0. The van der Waals surface area contributed by atoms with E-state index in [-0.39, 0.29) is 12.2 Å². The number of nitrogens with zero attached hydrogens (tertiary/aromatic N) is 1. The van der Waals surface area contributed by atoms with E-state index in [0.29, 0.717) is 6.54 Å². The second-order valence-corrected chi connectivity index (χ2v) is 6.25. The molecule has 0 aliphatic carbocycles. The number of rotatable bonds is 4. The minimum absolute atomic E-state index is 0.00658. The van der Waals surface area contributed by atoms with E-state index >= 15 is 0 Å². The molecule has 0 spiro atoms. The van der Waals surface area contributed by atoms with Crippen molar-refractivity contribution >= 4 is 11.8 Å². The van der Waals surface area contributed by atoms with Gasteiger partial charge in [-0.05, 0) is 61.1 Å². The topological polar surface area (TPSA) is 29.5 Å². The van der Waals surface area contributed by atoms with Gasteiger partial charge in [0.05, 0.1) is 6.54 Å². The quantitative estimate of drug-likeness (QED) is 0.824. The number of benzene rings is 2. The number of hydrogen-bond acceptors (Lipinski definition) is 2. The molecule has 1 atom stereocenters. The molecule has 1 saturated heterocycles. The fourth-order valence-corrected chi connectivity index (χ4v) is 3.15. The first kappa shape index (κ1) is 15.6. The van der Waals surface area contributed by atoms with Crippen LogP contribution >= 0.6 is 0 Å². The maximum absolute atomic E-state index is 12.0. The fraction of sp³-hybridized carbons (Fsp3) is 0.350. The van der Waals surface area contributed by atoms with E-state index in [1.807, 2.05) is 13.0 Å². The first-order chi connectivity index (χ1) is 11.1. The van der Waals surface area contributed by atoms with Crippen molar-refractivity contribution < 1.29 is 9.53 Å². The first-order valence-corrected chi connectivity index (χ1v) is 8.20. The Labute approximate surface area is 137 Å². The third kappa shape index (κ3) is 3.24. The van der Waals surface area contributed by atoms with Gasteiger partial charge in [-0.15, -0.1) is 0 Å². The van der Waals surface area contributed by atoms with Crippen LogP contribution in [0.15, 0.2) is 42.5 Å². The van der Waals surface area contributed by atoms with Gasteiger partial charge in [-0.1, -0.05) is 37.3 Å². The maximum atomic E-state index is 12.0. The third-order valence-electron chi connectivity index (χ3n) is 4.55. The summed E-state index contributed by atoms with van der Waals surface area (Å²) in [5.74, 6) is 0. The lowest BCUT2D eigenvalue weighted by Crippen LogP contribution is -2.24. The zero-order valence-corrected chi connectivity index (χ0v) is 14.0. The van der Waals surface area contributed by atoms with Crippen molar-refractivity contribution in [2.45, 2.75) is 39.7 Å². The zero-order valence-electron chi connectivity index (χ0n) is 14.0. The van der Waals surface area contributed by atoms with E-state index in [9.17, 15) is 4.79 Å². The number of carbonyl (C=O) groups is 1. The second-order valence-electron chi connectivity index (χ2n) is 6.25. The number of ether oxygens (including phenoxy) is 1. The molecule has 1 aliphatic heterocycles. The predicted octanol–water partition coefficient (Wildman–Crippen LogP) is 4.63. The summed E-state index contributed by atoms with van der Waals surface area (Å²) in [5, 5.41) is 0. The van der Waals surface area contributed by atoms with E-state index in [4.69, 9.17) is 4.74 Å². The highest BCUT2D eigenvalue weighted by molar-refractivity contribution is 5.90. The average Bonchev–Trinajstić information content (AvgIpc) is 2.93. The van der Waals surface area contributed by atoms with Crippen LogP contribution in [0.4, 0.5) is 10.5 Å². The lowest BCUT2D eigenvalue weighted by atomic mass is 9.95. The molecule has 0 bridgehead atoms. The molecule has 3 heteroatoms. The summed E-state index contributed by atoms with van der Waals surface area (Å²) in [6.45, 7) is 6.92. The van der Waals surface area contributed by atoms with Gasteiger partial charge in [0.15, 0.2) is 0 Å². The first-order valence-electron chi connectivity index (χ1n) is 8.20. The number of hydrogen-bond donors (Lipinski definition) is 0. The Morgan fingerprint density at radius 1 is 1.13 bits per heavy atom. The summed E-state index contributed by atoms with van der Waals surface area (Å²) in [5.41, 5.74) is 6.02. The molecule has 3 nitrogen and oxygen atoms in total. The second kappa shape index (κ2) is 6.45. The molecule has 1 heterocycles. The van der Waals surface area contributed by atoms with E-state index in [0.717, 1.165) is 18.5 Å². The molecule has 1 fully saturated rings. The van der Waals surface area contributed by atoms with Gasteiger partial charge in [0, 0.05) is 5.69 Å². The average molecular weight is 309 g/mol. The van der Waals surface area contributed by atoms with Crippen LogP contribution in [-0.2, 0) is 11.2 Å². The van der Waals surface area contributed by atoms with Gasteiger partial charge in [-0.2, -0.15) is 0 Å². The predicted molar refractivity (Wildman–Crippen MR) is 93.1 cm³/mol. The fourth-order valence-electron chi connectivity index (χ4n) is 3.15. The van der Waals surface area contributed by atoms with Crippen molar-refractivity contribution in [3.63, 3.8) is 0 Å². The molecule has 0 radical (unpaired) electrons. The van der Waals surface area contributed by atoms with Crippen LogP contribution in [0.1, 0.15) is 35.6 Å². The lowest BCUT2D eigenvalue weighted by molar-refractivity contribution is 0.139. The number of carbonyl (C=O) groups excluding carboxylic acids is 1. The number of anilines is 1. The summed E-state index contributed by atoms with van der Waals surface area (Å²) < 4.78 is 5.37. The highest BCUT2D eigenvalue weighted by Gasteiger charge is 2.31. The Morgan fingerprint density at radius 3 is 2.35 bits per heavy atom. The largest absolute Gasteiger partial charge is 0.444 e. The van der Waals surface area contributed by atoms with Crippen LogP contribution in [0, 0.1) is 13.8 Å². The Balaban J connectivity index is 1.87. The Hall–Kier alpha value is -2.29. The molecule has 0 N–H and O–H groups in total. The molecule has 1 amide bonds. The summed E-state index contributed by atoms with van der Waals surface area (Å²) in [6.07, 6.45) is 1.55. The molecule has 23 heavy (non-hydrogen) atoms. The van der Waals surface area contributed by atoms with Gasteiger partial charge in [0.2, 0.25) is 0 Å². The van der Waals surface area contributed by atoms with Crippen molar-refractivity contribution in [2.75, 3.05) is 11.4 Å². The van der Waals surface area contributed by atoms with Crippen LogP contribution in [-0.4, -0.2) is 18.7 Å². The van der Waals surface area contributed by atoms with Crippen molar-refractivity contribution in [1.82, 2.24) is 0 Å². The lowest BCUT2D eigenvalue weighted by Gasteiger charge is -2.18. The van der Waals surface area contributed by atoms with Gasteiger partial charge >= 0.3 is 6.09 Å². The standard InChI is InChI=1S/C20H23NO2/c1-4-18-13-21(20(22)23-18)17-10-14(2)19(15(3)11-17)12-16-8-6-5-7-9-16/h5-11,18H,4,12-13H2,1-3H3. The molecule has 3 rings (SSSR count). The summed E-state index contributed by atoms with van der Waals surface area (Å²) in [6, 6.07) is 14.7.